The Morgan fingerprint density at radius 2 is 2.12 bits per heavy atom. The molecule has 1 rings (SSSR count). The van der Waals surface area contributed by atoms with Crippen molar-refractivity contribution in [1.82, 2.24) is 0 Å². The average Bonchev–Trinajstić information content (AvgIpc) is 2.34. The molecule has 1 aromatic rings. The number of hydrogen-bond acceptors (Lipinski definition) is 5. The highest BCUT2D eigenvalue weighted by Crippen LogP contribution is 2.28. The summed E-state index contributed by atoms with van der Waals surface area (Å²) in [7, 11) is 1.39. The van der Waals surface area contributed by atoms with Gasteiger partial charge in [-0.25, -0.2) is 0 Å². The molecule has 0 bridgehead atoms. The van der Waals surface area contributed by atoms with E-state index in [0.29, 0.717) is 23.7 Å². The quantitative estimate of drug-likeness (QED) is 0.606. The molecule has 0 aliphatic heterocycles. The van der Waals surface area contributed by atoms with Crippen molar-refractivity contribution in [2.24, 2.45) is 0 Å². The topological polar surface area (TPSA) is 81.8 Å². The zero-order chi connectivity index (χ0) is 12.7. The van der Waals surface area contributed by atoms with E-state index in [9.17, 15) is 4.91 Å². The molecule has 94 valence electrons. The minimum Gasteiger partial charge on any atom is -0.489 e. The first kappa shape index (κ1) is 13.4. The molecule has 0 saturated carbocycles. The molecule has 0 amide bonds. The first-order chi connectivity index (χ1) is 8.19. The second-order valence-electron chi connectivity index (χ2n) is 3.40. The molecule has 6 nitrogen and oxygen atoms in total. The van der Waals surface area contributed by atoms with Crippen LogP contribution in [-0.2, 0) is 0 Å². The van der Waals surface area contributed by atoms with Crippen LogP contribution in [0.15, 0.2) is 18.2 Å². The number of nitrogens with zero attached hydrogens (tertiary/aromatic N) is 1. The van der Waals surface area contributed by atoms with Gasteiger partial charge in [0.1, 0.15) is 12.4 Å². The molecule has 0 aliphatic rings. The van der Waals surface area contributed by atoms with Crippen LogP contribution in [0.2, 0.25) is 0 Å². The van der Waals surface area contributed by atoms with E-state index in [2.05, 4.69) is 5.32 Å². The van der Waals surface area contributed by atoms with Gasteiger partial charge in [-0.1, -0.05) is 0 Å². The lowest BCUT2D eigenvalue weighted by Gasteiger charge is -2.11. The van der Waals surface area contributed by atoms with E-state index in [1.807, 2.05) is 0 Å². The molecule has 0 heterocycles. The molecule has 0 atom stereocenters. The van der Waals surface area contributed by atoms with Gasteiger partial charge >= 0.3 is 0 Å². The van der Waals surface area contributed by atoms with E-state index in [4.69, 9.17) is 14.9 Å². The number of ether oxygens (including phenoxy) is 1. The lowest BCUT2D eigenvalue weighted by Crippen LogP contribution is -2.09. The third-order valence-corrected chi connectivity index (χ3v) is 2.10. The number of hydrogen-bond donors (Lipinski definition) is 3. The summed E-state index contributed by atoms with van der Waals surface area (Å²) < 4.78 is 6.04. The molecule has 6 heteroatoms. The number of rotatable bonds is 7. The fraction of sp³-hybridized carbons (Fsp3) is 0.455. The average molecular weight is 241 g/mol. The number of benzene rings is 1. The Kier molecular flexibility index (Phi) is 5.38. The number of anilines is 1. The van der Waals surface area contributed by atoms with Crippen molar-refractivity contribution >= 4 is 11.4 Å². The van der Waals surface area contributed by atoms with Crippen molar-refractivity contribution < 1.29 is 19.7 Å². The first-order valence-corrected chi connectivity index (χ1v) is 5.32. The van der Waals surface area contributed by atoms with Gasteiger partial charge in [0.05, 0.1) is 25.0 Å². The number of aliphatic hydroxyl groups excluding tert-OH is 2. The van der Waals surface area contributed by atoms with Gasteiger partial charge in [0, 0.05) is 22.3 Å². The Morgan fingerprint density at radius 1 is 1.35 bits per heavy atom. The molecule has 0 fully saturated rings. The van der Waals surface area contributed by atoms with Crippen LogP contribution in [0.1, 0.15) is 0 Å². The summed E-state index contributed by atoms with van der Waals surface area (Å²) in [5.74, 6) is 0.479. The van der Waals surface area contributed by atoms with Gasteiger partial charge in [-0.15, -0.1) is 0 Å². The molecule has 0 radical (unpaired) electrons. The molecule has 3 N–H and O–H groups in total. The standard InChI is InChI=1S/C11H17N2O4/c1-13(16)9-2-3-10(12-4-5-14)11(8-9)17-7-6-15/h2-3,8,12,14-15H,4-7H2,1H3/q+1. The summed E-state index contributed by atoms with van der Waals surface area (Å²) in [6.45, 7) is 0.446. The van der Waals surface area contributed by atoms with Crippen LogP contribution in [0.4, 0.5) is 11.4 Å². The minimum absolute atomic E-state index is 0.00263. The van der Waals surface area contributed by atoms with Gasteiger partial charge in [0.25, 0.3) is 5.69 Å². The molecule has 17 heavy (non-hydrogen) atoms. The highest BCUT2D eigenvalue weighted by molar-refractivity contribution is 5.60. The van der Waals surface area contributed by atoms with Crippen LogP contribution in [0.5, 0.6) is 5.75 Å². The Morgan fingerprint density at radius 3 is 2.71 bits per heavy atom. The summed E-state index contributed by atoms with van der Waals surface area (Å²) >= 11 is 0. The zero-order valence-corrected chi connectivity index (χ0v) is 9.72. The third kappa shape index (κ3) is 4.01. The first-order valence-electron chi connectivity index (χ1n) is 5.32. The van der Waals surface area contributed by atoms with Crippen molar-refractivity contribution in [2.45, 2.75) is 0 Å². The SMILES string of the molecule is C[N+](=O)c1ccc(NCCO)c(OCCO)c1. The molecule has 0 unspecified atom stereocenters. The van der Waals surface area contributed by atoms with Gasteiger partial charge in [-0.2, -0.15) is 0 Å². The van der Waals surface area contributed by atoms with Crippen molar-refractivity contribution in [3.8, 4) is 5.75 Å². The summed E-state index contributed by atoms with van der Waals surface area (Å²) in [4.78, 5) is 11.1. The Bertz CT molecular complexity index is 382. The normalized spacial score (nSPS) is 10.1. The van der Waals surface area contributed by atoms with E-state index < -0.39 is 0 Å². The van der Waals surface area contributed by atoms with Gasteiger partial charge in [-0.3, -0.25) is 0 Å². The smallest absolute Gasteiger partial charge is 0.259 e. The maximum absolute atomic E-state index is 11.1. The number of nitrogens with one attached hydrogen (secondary N) is 1. The van der Waals surface area contributed by atoms with Crippen LogP contribution in [0, 0.1) is 4.91 Å². The summed E-state index contributed by atoms with van der Waals surface area (Å²) in [5, 5.41) is 20.4. The highest BCUT2D eigenvalue weighted by atomic mass is 16.5. The second-order valence-corrected chi connectivity index (χ2v) is 3.40. The largest absolute Gasteiger partial charge is 0.489 e. The monoisotopic (exact) mass is 241 g/mol. The summed E-state index contributed by atoms with van der Waals surface area (Å²) in [6, 6.07) is 4.94. The summed E-state index contributed by atoms with van der Waals surface area (Å²) in [5.41, 5.74) is 1.14. The van der Waals surface area contributed by atoms with Crippen LogP contribution in [0.25, 0.3) is 0 Å². The van der Waals surface area contributed by atoms with Crippen molar-refractivity contribution in [2.75, 3.05) is 38.7 Å². The van der Waals surface area contributed by atoms with Gasteiger partial charge in [0.15, 0.2) is 7.05 Å². The van der Waals surface area contributed by atoms with E-state index in [1.54, 1.807) is 18.2 Å². The molecular formula is C11H17N2O4+. The zero-order valence-electron chi connectivity index (χ0n) is 9.72. The highest BCUT2D eigenvalue weighted by Gasteiger charge is 2.12. The van der Waals surface area contributed by atoms with Crippen molar-refractivity contribution in [3.05, 3.63) is 23.1 Å². The van der Waals surface area contributed by atoms with Crippen LogP contribution in [0.3, 0.4) is 0 Å². The van der Waals surface area contributed by atoms with Gasteiger partial charge in [-0.05, 0) is 6.07 Å². The Hall–Kier alpha value is -1.66. The van der Waals surface area contributed by atoms with Crippen LogP contribution in [-0.4, -0.2) is 48.4 Å². The fourth-order valence-electron chi connectivity index (χ4n) is 1.32. The van der Waals surface area contributed by atoms with Crippen molar-refractivity contribution in [1.29, 1.82) is 0 Å². The molecule has 0 spiro atoms. The molecular weight excluding hydrogens is 224 g/mol. The second kappa shape index (κ2) is 6.82. The fourth-order valence-corrected chi connectivity index (χ4v) is 1.32. The lowest BCUT2D eigenvalue weighted by atomic mass is 10.2. The Labute approximate surface area is 99.4 Å². The predicted octanol–water partition coefficient (Wildman–Crippen LogP) is 0.502. The number of aliphatic hydroxyl groups is 2. The van der Waals surface area contributed by atoms with E-state index in [-0.39, 0.29) is 19.8 Å². The van der Waals surface area contributed by atoms with E-state index in [0.717, 1.165) is 4.76 Å². The molecule has 0 saturated heterocycles. The summed E-state index contributed by atoms with van der Waals surface area (Å²) in [6.07, 6.45) is 0. The molecule has 0 aliphatic carbocycles. The maximum atomic E-state index is 11.1. The van der Waals surface area contributed by atoms with E-state index in [1.165, 1.54) is 7.05 Å². The van der Waals surface area contributed by atoms with Gasteiger partial charge in [0.2, 0.25) is 0 Å². The Balaban J connectivity index is 2.90. The minimum atomic E-state index is -0.100. The predicted molar refractivity (Wildman–Crippen MR) is 63.8 cm³/mol. The van der Waals surface area contributed by atoms with E-state index >= 15 is 0 Å². The van der Waals surface area contributed by atoms with Gasteiger partial charge < -0.3 is 20.3 Å². The van der Waals surface area contributed by atoms with Crippen molar-refractivity contribution in [3.63, 3.8) is 0 Å². The number of nitroso groups, excluding NO2 is 1. The third-order valence-electron chi connectivity index (χ3n) is 2.10. The molecule has 0 aromatic heterocycles. The van der Waals surface area contributed by atoms with Crippen LogP contribution < -0.4 is 10.1 Å². The lowest BCUT2D eigenvalue weighted by molar-refractivity contribution is -0.428. The maximum Gasteiger partial charge on any atom is 0.259 e. The molecule has 1 aromatic carbocycles. The van der Waals surface area contributed by atoms with Crippen LogP contribution >= 0.6 is 0 Å².